The van der Waals surface area contributed by atoms with Gasteiger partial charge in [-0.2, -0.15) is 0 Å². The first kappa shape index (κ1) is 19.9. The van der Waals surface area contributed by atoms with Gasteiger partial charge in [-0.25, -0.2) is 4.98 Å². The number of carbonyl (C=O) groups is 3. The zero-order chi connectivity index (χ0) is 20.3. The van der Waals surface area contributed by atoms with E-state index >= 15 is 0 Å². The van der Waals surface area contributed by atoms with Crippen molar-refractivity contribution in [3.63, 3.8) is 0 Å². The van der Waals surface area contributed by atoms with Gasteiger partial charge >= 0.3 is 0 Å². The fraction of sp³-hybridized carbons (Fsp3) is 0.421. The van der Waals surface area contributed by atoms with Gasteiger partial charge in [0.15, 0.2) is 0 Å². The molecule has 0 spiro atoms. The highest BCUT2D eigenvalue weighted by Crippen LogP contribution is 2.33. The molecular weight excluding hydrogens is 380 g/mol. The molecule has 2 atom stereocenters. The van der Waals surface area contributed by atoms with Crippen LogP contribution in [0.5, 0.6) is 0 Å². The molecule has 2 aromatic rings. The molecule has 2 aromatic heterocycles. The Bertz CT molecular complexity index is 867. The summed E-state index contributed by atoms with van der Waals surface area (Å²) in [6.45, 7) is 6.03. The first-order valence-electron chi connectivity index (χ1n) is 8.92. The fourth-order valence-corrected chi connectivity index (χ4v) is 4.31. The molecule has 0 aliphatic carbocycles. The number of hydrogen-bond donors (Lipinski definition) is 1. The molecule has 0 aromatic carbocycles. The fourth-order valence-electron chi connectivity index (χ4n) is 3.71. The maximum atomic E-state index is 12.7. The summed E-state index contributed by atoms with van der Waals surface area (Å²) >= 11 is 1.61. The molecule has 8 nitrogen and oxygen atoms in total. The lowest BCUT2D eigenvalue weighted by Gasteiger charge is -2.21. The van der Waals surface area contributed by atoms with Gasteiger partial charge in [-0.3, -0.25) is 19.4 Å². The molecule has 9 heteroatoms. The predicted molar refractivity (Wildman–Crippen MR) is 103 cm³/mol. The largest absolute Gasteiger partial charge is 0.483 e. The number of carbonyl (C=O) groups excluding carboxylic acids is 2. The number of carboxylic acid groups (broad SMARTS) is 1. The minimum atomic E-state index is -0.250. The summed E-state index contributed by atoms with van der Waals surface area (Å²) in [5.74, 6) is 0.251. The standard InChI is InChI=1S/C18H20N4O2S.CH2O2/c1-11-3-4-13(5-19-11)17(23)22-7-14-6-21(18(24)16(14)9-22)8-15-10-25-12(2)20-15;2-1-3/h3-5,10,14,16H,6-9H2,1-2H3;1H,(H,2,3)/t14-,16+;/m1./s1. The van der Waals surface area contributed by atoms with E-state index in [0.29, 0.717) is 31.7 Å². The Morgan fingerprint density at radius 1 is 1.32 bits per heavy atom. The molecule has 1 N–H and O–H groups in total. The molecule has 4 rings (SSSR count). The van der Waals surface area contributed by atoms with E-state index in [1.165, 1.54) is 0 Å². The van der Waals surface area contributed by atoms with E-state index in [0.717, 1.165) is 16.4 Å². The van der Waals surface area contributed by atoms with E-state index in [4.69, 9.17) is 9.90 Å². The topological polar surface area (TPSA) is 104 Å². The zero-order valence-corrected chi connectivity index (χ0v) is 16.6. The normalized spacial score (nSPS) is 20.6. The third-order valence-electron chi connectivity index (χ3n) is 4.99. The molecule has 2 aliphatic rings. The molecule has 2 aliphatic heterocycles. The Hall–Kier alpha value is -2.81. The second kappa shape index (κ2) is 8.47. The van der Waals surface area contributed by atoms with Gasteiger partial charge in [0.1, 0.15) is 0 Å². The lowest BCUT2D eigenvalue weighted by molar-refractivity contribution is -0.131. The van der Waals surface area contributed by atoms with Crippen molar-refractivity contribution >= 4 is 29.6 Å². The molecule has 28 heavy (non-hydrogen) atoms. The van der Waals surface area contributed by atoms with Crippen molar-refractivity contribution < 1.29 is 19.5 Å². The molecule has 0 radical (unpaired) electrons. The number of amides is 2. The molecule has 0 bridgehead atoms. The van der Waals surface area contributed by atoms with Crippen molar-refractivity contribution in [1.29, 1.82) is 0 Å². The van der Waals surface area contributed by atoms with Crippen LogP contribution in [0.4, 0.5) is 0 Å². The lowest BCUT2D eigenvalue weighted by atomic mass is 10.0. The summed E-state index contributed by atoms with van der Waals surface area (Å²) in [6.07, 6.45) is 1.62. The van der Waals surface area contributed by atoms with Gasteiger partial charge in [-0.05, 0) is 26.0 Å². The number of pyridine rings is 1. The molecule has 2 saturated heterocycles. The first-order valence-corrected chi connectivity index (χ1v) is 9.80. The number of thiazole rings is 1. The van der Waals surface area contributed by atoms with E-state index in [1.54, 1.807) is 28.5 Å². The summed E-state index contributed by atoms with van der Waals surface area (Å²) in [6, 6.07) is 3.64. The maximum absolute atomic E-state index is 12.7. The highest BCUT2D eigenvalue weighted by atomic mass is 32.1. The maximum Gasteiger partial charge on any atom is 0.290 e. The van der Waals surface area contributed by atoms with E-state index in [-0.39, 0.29) is 30.1 Å². The molecule has 4 heterocycles. The van der Waals surface area contributed by atoms with Crippen LogP contribution >= 0.6 is 11.3 Å². The van der Waals surface area contributed by atoms with Gasteiger partial charge in [-0.15, -0.1) is 11.3 Å². The van der Waals surface area contributed by atoms with Gasteiger partial charge in [-0.1, -0.05) is 0 Å². The van der Waals surface area contributed by atoms with Gasteiger partial charge in [0.05, 0.1) is 28.7 Å². The Morgan fingerprint density at radius 3 is 2.64 bits per heavy atom. The van der Waals surface area contributed by atoms with Crippen molar-refractivity contribution in [3.8, 4) is 0 Å². The Balaban J connectivity index is 0.000000706. The molecule has 0 unspecified atom stereocenters. The van der Waals surface area contributed by atoms with Crippen LogP contribution in [0.15, 0.2) is 23.7 Å². The Morgan fingerprint density at radius 2 is 2.07 bits per heavy atom. The van der Waals surface area contributed by atoms with Crippen LogP contribution < -0.4 is 0 Å². The van der Waals surface area contributed by atoms with Crippen LogP contribution in [0.1, 0.15) is 26.8 Å². The second-order valence-electron chi connectivity index (χ2n) is 6.95. The van der Waals surface area contributed by atoms with E-state index in [2.05, 4.69) is 9.97 Å². The van der Waals surface area contributed by atoms with Crippen molar-refractivity contribution in [3.05, 3.63) is 45.7 Å². The molecule has 0 saturated carbocycles. The number of aromatic nitrogens is 2. The summed E-state index contributed by atoms with van der Waals surface area (Å²) in [5.41, 5.74) is 2.43. The van der Waals surface area contributed by atoms with Gasteiger partial charge < -0.3 is 14.9 Å². The van der Waals surface area contributed by atoms with Gasteiger partial charge in [0.2, 0.25) is 5.91 Å². The molecular formula is C19H22N4O4S. The predicted octanol–water partition coefficient (Wildman–Crippen LogP) is 1.59. The van der Waals surface area contributed by atoms with E-state index in [1.807, 2.05) is 30.2 Å². The summed E-state index contributed by atoms with van der Waals surface area (Å²) in [5, 5.41) is 9.92. The van der Waals surface area contributed by atoms with Crippen molar-refractivity contribution in [1.82, 2.24) is 19.8 Å². The lowest BCUT2D eigenvalue weighted by Crippen LogP contribution is -2.35. The van der Waals surface area contributed by atoms with Crippen LogP contribution in [0.2, 0.25) is 0 Å². The number of aryl methyl sites for hydroxylation is 2. The second-order valence-corrected chi connectivity index (χ2v) is 8.01. The summed E-state index contributed by atoms with van der Waals surface area (Å²) < 4.78 is 0. The van der Waals surface area contributed by atoms with Crippen molar-refractivity contribution in [2.45, 2.75) is 20.4 Å². The first-order chi connectivity index (χ1) is 13.4. The minimum absolute atomic E-state index is 0.0311. The third kappa shape index (κ3) is 4.19. The Labute approximate surface area is 166 Å². The van der Waals surface area contributed by atoms with Crippen molar-refractivity contribution in [2.75, 3.05) is 19.6 Å². The van der Waals surface area contributed by atoms with Crippen LogP contribution in [-0.4, -0.2) is 62.8 Å². The van der Waals surface area contributed by atoms with Crippen LogP contribution in [0.3, 0.4) is 0 Å². The third-order valence-corrected chi connectivity index (χ3v) is 5.81. The summed E-state index contributed by atoms with van der Waals surface area (Å²) in [7, 11) is 0. The number of rotatable bonds is 3. The quantitative estimate of drug-likeness (QED) is 0.782. The highest BCUT2D eigenvalue weighted by Gasteiger charge is 2.47. The Kier molecular flexibility index (Phi) is 6.03. The number of likely N-dealkylation sites (tertiary alicyclic amines) is 2. The zero-order valence-electron chi connectivity index (χ0n) is 15.7. The number of nitrogens with zero attached hydrogens (tertiary/aromatic N) is 4. The van der Waals surface area contributed by atoms with Crippen LogP contribution in [0, 0.1) is 25.7 Å². The minimum Gasteiger partial charge on any atom is -0.483 e. The SMILES string of the molecule is Cc1ccc(C(=O)N2C[C@H]3CN(Cc4csc(C)n4)C(=O)[C@H]3C2)cn1.O=CO. The average molecular weight is 402 g/mol. The molecule has 148 valence electrons. The van der Waals surface area contributed by atoms with Gasteiger partial charge in [0.25, 0.3) is 12.4 Å². The molecule has 2 fully saturated rings. The molecule has 2 amide bonds. The van der Waals surface area contributed by atoms with Crippen LogP contribution in [-0.2, 0) is 16.1 Å². The van der Waals surface area contributed by atoms with E-state index in [9.17, 15) is 9.59 Å². The van der Waals surface area contributed by atoms with Crippen LogP contribution in [0.25, 0.3) is 0 Å². The van der Waals surface area contributed by atoms with E-state index < -0.39 is 0 Å². The number of fused-ring (bicyclic) bond motifs is 1. The monoisotopic (exact) mass is 402 g/mol. The average Bonchev–Trinajstić information content (AvgIpc) is 3.34. The number of hydrogen-bond acceptors (Lipinski definition) is 6. The highest BCUT2D eigenvalue weighted by molar-refractivity contribution is 7.09. The van der Waals surface area contributed by atoms with Crippen molar-refractivity contribution in [2.24, 2.45) is 11.8 Å². The van der Waals surface area contributed by atoms with Gasteiger partial charge in [0, 0.05) is 42.8 Å². The summed E-state index contributed by atoms with van der Waals surface area (Å²) in [4.78, 5) is 46.0. The smallest absolute Gasteiger partial charge is 0.290 e.